The molecule has 0 aliphatic heterocycles. The van der Waals surface area contributed by atoms with Crippen molar-refractivity contribution in [1.29, 1.82) is 0 Å². The van der Waals surface area contributed by atoms with Crippen LogP contribution in [0.4, 0.5) is 0 Å². The van der Waals surface area contributed by atoms with Gasteiger partial charge in [-0.2, -0.15) is 0 Å². The summed E-state index contributed by atoms with van der Waals surface area (Å²) in [6, 6.07) is 7.69. The smallest absolute Gasteiger partial charge is 0.211 e. The predicted octanol–water partition coefficient (Wildman–Crippen LogP) is 1.12. The third-order valence-corrected chi connectivity index (χ3v) is 4.24. The van der Waals surface area contributed by atoms with Gasteiger partial charge in [-0.25, -0.2) is 13.1 Å². The average Bonchev–Trinajstić information content (AvgIpc) is 2.49. The molecular formula is C15H22N2O3S. The van der Waals surface area contributed by atoms with Crippen LogP contribution < -0.4 is 14.8 Å². The summed E-state index contributed by atoms with van der Waals surface area (Å²) in [4.78, 5) is 0. The topological polar surface area (TPSA) is 67.4 Å². The van der Waals surface area contributed by atoms with Crippen LogP contribution >= 0.6 is 0 Å². The maximum atomic E-state index is 11.2. The number of hydrogen-bond donors (Lipinski definition) is 2. The van der Waals surface area contributed by atoms with Crippen LogP contribution in [0.1, 0.15) is 18.9 Å². The Kier molecular flexibility index (Phi) is 7.83. The van der Waals surface area contributed by atoms with Gasteiger partial charge >= 0.3 is 0 Å². The predicted molar refractivity (Wildman–Crippen MR) is 84.6 cm³/mol. The van der Waals surface area contributed by atoms with Gasteiger partial charge in [0.05, 0.1) is 5.75 Å². The molecule has 5 nitrogen and oxygen atoms in total. The fraction of sp³-hybridized carbons (Fsp3) is 0.467. The van der Waals surface area contributed by atoms with Crippen molar-refractivity contribution in [3.63, 3.8) is 0 Å². The first kappa shape index (κ1) is 17.5. The Labute approximate surface area is 127 Å². The summed E-state index contributed by atoms with van der Waals surface area (Å²) in [5.41, 5.74) is 1.03. The molecule has 116 valence electrons. The van der Waals surface area contributed by atoms with Crippen LogP contribution in [0, 0.1) is 12.3 Å². The molecule has 0 fully saturated rings. The highest BCUT2D eigenvalue weighted by Crippen LogP contribution is 2.17. The summed E-state index contributed by atoms with van der Waals surface area (Å²) in [7, 11) is -3.09. The fourth-order valence-corrected chi connectivity index (χ4v) is 2.34. The molecule has 0 saturated carbocycles. The number of para-hydroxylation sites is 1. The Morgan fingerprint density at radius 1 is 1.29 bits per heavy atom. The molecule has 6 heteroatoms. The number of ether oxygens (including phenoxy) is 1. The molecule has 2 N–H and O–H groups in total. The Balaban J connectivity index is 2.28. The van der Waals surface area contributed by atoms with Gasteiger partial charge in [0.15, 0.2) is 0 Å². The summed E-state index contributed by atoms with van der Waals surface area (Å²) in [5.74, 6) is 3.32. The number of hydrogen-bond acceptors (Lipinski definition) is 4. The van der Waals surface area contributed by atoms with Crippen molar-refractivity contribution in [2.24, 2.45) is 0 Å². The largest absolute Gasteiger partial charge is 0.481 e. The van der Waals surface area contributed by atoms with E-state index in [9.17, 15) is 8.42 Å². The Bertz CT molecular complexity index is 565. The van der Waals surface area contributed by atoms with Crippen LogP contribution in [0.2, 0.25) is 0 Å². The maximum Gasteiger partial charge on any atom is 0.211 e. The molecule has 0 aliphatic rings. The SMILES string of the molecule is C#CCOc1ccccc1CNCCCNS(=O)(=O)CC. The first-order chi connectivity index (χ1) is 10.1. The zero-order valence-corrected chi connectivity index (χ0v) is 13.1. The molecule has 0 radical (unpaired) electrons. The molecule has 1 rings (SSSR count). The second-order valence-electron chi connectivity index (χ2n) is 4.43. The maximum absolute atomic E-state index is 11.2. The highest BCUT2D eigenvalue weighted by atomic mass is 32.2. The standard InChI is InChI=1S/C15H22N2O3S/c1-3-12-20-15-9-6-5-8-14(15)13-16-10-7-11-17-21(18,19)4-2/h1,5-6,8-9,16-17H,4,7,10-13H2,2H3. The van der Waals surface area contributed by atoms with E-state index in [0.29, 0.717) is 13.1 Å². The minimum Gasteiger partial charge on any atom is -0.481 e. The van der Waals surface area contributed by atoms with Crippen molar-refractivity contribution >= 4 is 10.0 Å². The molecule has 0 amide bonds. The second-order valence-corrected chi connectivity index (χ2v) is 6.52. The normalized spacial score (nSPS) is 11.0. The first-order valence-corrected chi connectivity index (χ1v) is 8.56. The monoisotopic (exact) mass is 310 g/mol. The lowest BCUT2D eigenvalue weighted by Crippen LogP contribution is -2.28. The summed E-state index contributed by atoms with van der Waals surface area (Å²) in [6.45, 7) is 3.68. The Morgan fingerprint density at radius 3 is 2.76 bits per heavy atom. The van der Waals surface area contributed by atoms with E-state index >= 15 is 0 Å². The van der Waals surface area contributed by atoms with Gasteiger partial charge in [0.25, 0.3) is 0 Å². The molecule has 0 spiro atoms. The van der Waals surface area contributed by atoms with Gasteiger partial charge in [0.1, 0.15) is 12.4 Å². The quantitative estimate of drug-likeness (QED) is 0.502. The molecule has 1 aromatic rings. The van der Waals surface area contributed by atoms with Crippen LogP contribution in [-0.2, 0) is 16.6 Å². The van der Waals surface area contributed by atoms with E-state index in [1.165, 1.54) is 0 Å². The van der Waals surface area contributed by atoms with Gasteiger partial charge in [0.2, 0.25) is 10.0 Å². The van der Waals surface area contributed by atoms with Crippen LogP contribution in [0.3, 0.4) is 0 Å². The molecule has 0 unspecified atom stereocenters. The number of benzene rings is 1. The van der Waals surface area contributed by atoms with Crippen molar-refractivity contribution in [3.05, 3.63) is 29.8 Å². The summed E-state index contributed by atoms with van der Waals surface area (Å²) in [6.07, 6.45) is 5.91. The lowest BCUT2D eigenvalue weighted by molar-refractivity contribution is 0.365. The third kappa shape index (κ3) is 7.14. The summed E-state index contributed by atoms with van der Waals surface area (Å²) >= 11 is 0. The Hall–Kier alpha value is -1.55. The Morgan fingerprint density at radius 2 is 2.05 bits per heavy atom. The highest BCUT2D eigenvalue weighted by Gasteiger charge is 2.05. The van der Waals surface area contributed by atoms with Gasteiger partial charge in [-0.3, -0.25) is 0 Å². The van der Waals surface area contributed by atoms with Crippen molar-refractivity contribution < 1.29 is 13.2 Å². The van der Waals surface area contributed by atoms with E-state index in [-0.39, 0.29) is 12.4 Å². The van der Waals surface area contributed by atoms with Crippen LogP contribution in [-0.4, -0.2) is 33.9 Å². The van der Waals surface area contributed by atoms with E-state index in [2.05, 4.69) is 16.0 Å². The molecule has 0 aliphatic carbocycles. The van der Waals surface area contributed by atoms with Crippen LogP contribution in [0.25, 0.3) is 0 Å². The first-order valence-electron chi connectivity index (χ1n) is 6.91. The van der Waals surface area contributed by atoms with Crippen LogP contribution in [0.15, 0.2) is 24.3 Å². The molecule has 1 aromatic carbocycles. The van der Waals surface area contributed by atoms with E-state index in [1.807, 2.05) is 24.3 Å². The van der Waals surface area contributed by atoms with E-state index in [4.69, 9.17) is 11.2 Å². The minimum atomic E-state index is -3.09. The number of rotatable bonds is 10. The van der Waals surface area contributed by atoms with Gasteiger partial charge < -0.3 is 10.1 Å². The molecule has 0 aromatic heterocycles. The van der Waals surface area contributed by atoms with Crippen molar-refractivity contribution in [3.8, 4) is 18.1 Å². The van der Waals surface area contributed by atoms with Gasteiger partial charge in [-0.1, -0.05) is 24.1 Å². The summed E-state index contributed by atoms with van der Waals surface area (Å²) < 4.78 is 30.5. The number of sulfonamides is 1. The molecule has 0 atom stereocenters. The van der Waals surface area contributed by atoms with Gasteiger partial charge in [-0.15, -0.1) is 6.42 Å². The average molecular weight is 310 g/mol. The molecule has 0 heterocycles. The minimum absolute atomic E-state index is 0.111. The molecular weight excluding hydrogens is 288 g/mol. The van der Waals surface area contributed by atoms with Crippen molar-refractivity contribution in [2.45, 2.75) is 19.9 Å². The number of terminal acetylenes is 1. The molecule has 0 bridgehead atoms. The third-order valence-electron chi connectivity index (χ3n) is 2.83. The highest BCUT2D eigenvalue weighted by molar-refractivity contribution is 7.89. The van der Waals surface area contributed by atoms with E-state index in [0.717, 1.165) is 24.3 Å². The van der Waals surface area contributed by atoms with Gasteiger partial charge in [-0.05, 0) is 26.0 Å². The lowest BCUT2D eigenvalue weighted by atomic mass is 10.2. The van der Waals surface area contributed by atoms with E-state index in [1.54, 1.807) is 6.92 Å². The zero-order chi connectivity index (χ0) is 15.6. The van der Waals surface area contributed by atoms with Crippen molar-refractivity contribution in [2.75, 3.05) is 25.4 Å². The van der Waals surface area contributed by atoms with Crippen molar-refractivity contribution in [1.82, 2.24) is 10.0 Å². The van der Waals surface area contributed by atoms with Crippen LogP contribution in [0.5, 0.6) is 5.75 Å². The fourth-order valence-electron chi connectivity index (χ4n) is 1.68. The number of nitrogens with one attached hydrogen (secondary N) is 2. The zero-order valence-electron chi connectivity index (χ0n) is 12.3. The van der Waals surface area contributed by atoms with E-state index < -0.39 is 10.0 Å². The molecule has 0 saturated heterocycles. The lowest BCUT2D eigenvalue weighted by Gasteiger charge is -2.10. The second kappa shape index (κ2) is 9.40. The van der Waals surface area contributed by atoms with Gasteiger partial charge in [0, 0.05) is 18.7 Å². The summed E-state index contributed by atoms with van der Waals surface area (Å²) in [5, 5.41) is 3.26. The molecule has 21 heavy (non-hydrogen) atoms.